The Labute approximate surface area is 104 Å². The number of halogens is 2. The summed E-state index contributed by atoms with van der Waals surface area (Å²) in [5, 5.41) is 1.71. The van der Waals surface area contributed by atoms with E-state index in [1.807, 2.05) is 7.05 Å². The molecule has 0 atom stereocenters. The van der Waals surface area contributed by atoms with Crippen molar-refractivity contribution in [1.29, 1.82) is 0 Å². The zero-order valence-electron chi connectivity index (χ0n) is 10.1. The van der Waals surface area contributed by atoms with Crippen LogP contribution in [0.5, 0.6) is 0 Å². The average Bonchev–Trinajstić information content (AvgIpc) is 2.35. The van der Waals surface area contributed by atoms with Crippen LogP contribution in [0, 0.1) is 11.6 Å². The van der Waals surface area contributed by atoms with Crippen molar-refractivity contribution in [1.82, 2.24) is 15.3 Å². The van der Waals surface area contributed by atoms with Gasteiger partial charge in [0.2, 0.25) is 0 Å². The van der Waals surface area contributed by atoms with Crippen LogP contribution in [0.2, 0.25) is 0 Å². The van der Waals surface area contributed by atoms with Gasteiger partial charge in [0.05, 0.1) is 5.56 Å². The molecule has 1 N–H and O–H groups in total. The maximum Gasteiger partial charge on any atom is 0.268 e. The van der Waals surface area contributed by atoms with E-state index in [1.54, 1.807) is 5.01 Å². The molecule has 1 saturated heterocycles. The minimum absolute atomic E-state index is 0.270. The summed E-state index contributed by atoms with van der Waals surface area (Å²) < 4.78 is 26.4. The van der Waals surface area contributed by atoms with Crippen molar-refractivity contribution in [2.45, 2.75) is 0 Å². The van der Waals surface area contributed by atoms with Crippen LogP contribution in [0.1, 0.15) is 10.4 Å². The minimum Gasteiger partial charge on any atom is -0.304 e. The van der Waals surface area contributed by atoms with Crippen molar-refractivity contribution in [3.63, 3.8) is 0 Å². The number of hydrazine groups is 1. The molecule has 4 nitrogen and oxygen atoms in total. The first-order valence-electron chi connectivity index (χ1n) is 5.76. The van der Waals surface area contributed by atoms with Crippen molar-refractivity contribution in [3.05, 3.63) is 35.4 Å². The minimum atomic E-state index is -1.11. The quantitative estimate of drug-likeness (QED) is 0.851. The molecule has 0 aromatic heterocycles. The number of hydrogen-bond acceptors (Lipinski definition) is 3. The van der Waals surface area contributed by atoms with E-state index in [4.69, 9.17) is 0 Å². The summed E-state index contributed by atoms with van der Waals surface area (Å²) in [4.78, 5) is 13.9. The number of nitrogens with one attached hydrogen (secondary N) is 1. The predicted octanol–water partition coefficient (Wildman–Crippen LogP) is 0.857. The molecule has 1 aliphatic heterocycles. The van der Waals surface area contributed by atoms with Gasteiger partial charge in [0, 0.05) is 26.2 Å². The predicted molar refractivity (Wildman–Crippen MR) is 62.9 cm³/mol. The summed E-state index contributed by atoms with van der Waals surface area (Å²) in [6, 6.07) is 3.57. The number of amides is 1. The SMILES string of the molecule is CN1CCN(NC(=O)c2cccc(F)c2F)CC1. The lowest BCUT2D eigenvalue weighted by Crippen LogP contribution is -2.52. The van der Waals surface area contributed by atoms with Crippen LogP contribution >= 0.6 is 0 Å². The Balaban J connectivity index is 2.01. The molecule has 0 radical (unpaired) electrons. The highest BCUT2D eigenvalue weighted by Crippen LogP contribution is 2.11. The summed E-state index contributed by atoms with van der Waals surface area (Å²) in [5.74, 6) is -2.73. The van der Waals surface area contributed by atoms with E-state index in [9.17, 15) is 13.6 Å². The molecule has 1 fully saturated rings. The summed E-state index contributed by atoms with van der Waals surface area (Å²) in [5.41, 5.74) is 2.32. The van der Waals surface area contributed by atoms with E-state index in [0.717, 1.165) is 19.2 Å². The molecule has 1 aliphatic rings. The van der Waals surface area contributed by atoms with E-state index in [0.29, 0.717) is 13.1 Å². The number of carbonyl (C=O) groups is 1. The third-order valence-corrected chi connectivity index (χ3v) is 2.96. The highest BCUT2D eigenvalue weighted by molar-refractivity contribution is 5.94. The average molecular weight is 255 g/mol. The molecular formula is C12H15F2N3O. The van der Waals surface area contributed by atoms with Gasteiger partial charge < -0.3 is 4.90 Å². The van der Waals surface area contributed by atoms with Gasteiger partial charge in [0.1, 0.15) is 0 Å². The van der Waals surface area contributed by atoms with Crippen LogP contribution in [-0.2, 0) is 0 Å². The Morgan fingerprint density at radius 2 is 1.89 bits per heavy atom. The van der Waals surface area contributed by atoms with Crippen LogP contribution in [0.3, 0.4) is 0 Å². The first-order chi connectivity index (χ1) is 8.58. The fourth-order valence-electron chi connectivity index (χ4n) is 1.80. The Hall–Kier alpha value is -1.53. The maximum absolute atomic E-state index is 13.4. The largest absolute Gasteiger partial charge is 0.304 e. The van der Waals surface area contributed by atoms with E-state index >= 15 is 0 Å². The fourth-order valence-corrected chi connectivity index (χ4v) is 1.80. The molecule has 0 spiro atoms. The van der Waals surface area contributed by atoms with Crippen LogP contribution in [0.25, 0.3) is 0 Å². The summed E-state index contributed by atoms with van der Waals surface area (Å²) in [6.07, 6.45) is 0. The second-order valence-corrected chi connectivity index (χ2v) is 4.33. The Bertz CT molecular complexity index is 445. The van der Waals surface area contributed by atoms with Gasteiger partial charge >= 0.3 is 0 Å². The first-order valence-corrected chi connectivity index (χ1v) is 5.76. The topological polar surface area (TPSA) is 35.6 Å². The number of benzene rings is 1. The molecule has 18 heavy (non-hydrogen) atoms. The number of rotatable bonds is 2. The zero-order valence-corrected chi connectivity index (χ0v) is 10.1. The van der Waals surface area contributed by atoms with Crippen molar-refractivity contribution >= 4 is 5.91 Å². The van der Waals surface area contributed by atoms with Gasteiger partial charge in [-0.2, -0.15) is 0 Å². The number of piperazine rings is 1. The second kappa shape index (κ2) is 5.41. The lowest BCUT2D eigenvalue weighted by molar-refractivity contribution is 0.0658. The number of nitrogens with zero attached hydrogens (tertiary/aromatic N) is 2. The van der Waals surface area contributed by atoms with Crippen LogP contribution in [0.15, 0.2) is 18.2 Å². The van der Waals surface area contributed by atoms with Gasteiger partial charge in [0.15, 0.2) is 11.6 Å². The van der Waals surface area contributed by atoms with Gasteiger partial charge in [-0.25, -0.2) is 13.8 Å². The smallest absolute Gasteiger partial charge is 0.268 e. The highest BCUT2D eigenvalue weighted by atomic mass is 19.2. The van der Waals surface area contributed by atoms with Crippen molar-refractivity contribution in [2.24, 2.45) is 0 Å². The van der Waals surface area contributed by atoms with Crippen molar-refractivity contribution in [3.8, 4) is 0 Å². The van der Waals surface area contributed by atoms with Crippen molar-refractivity contribution < 1.29 is 13.6 Å². The molecule has 2 rings (SSSR count). The molecule has 0 bridgehead atoms. The molecule has 1 aromatic rings. The molecule has 98 valence electrons. The van der Waals surface area contributed by atoms with Crippen LogP contribution in [0.4, 0.5) is 8.78 Å². The first kappa shape index (κ1) is 12.9. The van der Waals surface area contributed by atoms with E-state index < -0.39 is 17.5 Å². The normalized spacial score (nSPS) is 17.7. The molecule has 1 aromatic carbocycles. The van der Waals surface area contributed by atoms with Gasteiger partial charge in [0.25, 0.3) is 5.91 Å². The highest BCUT2D eigenvalue weighted by Gasteiger charge is 2.19. The lowest BCUT2D eigenvalue weighted by atomic mass is 10.2. The third-order valence-electron chi connectivity index (χ3n) is 2.96. The van der Waals surface area contributed by atoms with Crippen LogP contribution in [-0.4, -0.2) is 49.0 Å². The van der Waals surface area contributed by atoms with Gasteiger partial charge in [-0.05, 0) is 19.2 Å². The lowest BCUT2D eigenvalue weighted by Gasteiger charge is -2.32. The van der Waals surface area contributed by atoms with E-state index in [2.05, 4.69) is 10.3 Å². The van der Waals surface area contributed by atoms with Crippen LogP contribution < -0.4 is 5.43 Å². The van der Waals surface area contributed by atoms with E-state index in [-0.39, 0.29) is 5.56 Å². The van der Waals surface area contributed by atoms with E-state index in [1.165, 1.54) is 12.1 Å². The number of carbonyl (C=O) groups excluding carboxylic acids is 1. The van der Waals surface area contributed by atoms with Gasteiger partial charge in [-0.1, -0.05) is 6.07 Å². The maximum atomic E-state index is 13.4. The fraction of sp³-hybridized carbons (Fsp3) is 0.417. The molecule has 0 saturated carbocycles. The summed E-state index contributed by atoms with van der Waals surface area (Å²) >= 11 is 0. The monoisotopic (exact) mass is 255 g/mol. The molecule has 0 unspecified atom stereocenters. The molecule has 1 heterocycles. The number of likely N-dealkylation sites (N-methyl/N-ethyl adjacent to an activating group) is 1. The summed E-state index contributed by atoms with van der Waals surface area (Å²) in [7, 11) is 1.99. The van der Waals surface area contributed by atoms with Gasteiger partial charge in [-0.15, -0.1) is 0 Å². The zero-order chi connectivity index (χ0) is 13.1. The Kier molecular flexibility index (Phi) is 3.88. The van der Waals surface area contributed by atoms with Gasteiger partial charge in [-0.3, -0.25) is 10.2 Å². The standard InChI is InChI=1S/C12H15F2N3O/c1-16-5-7-17(8-6-16)15-12(18)9-3-2-4-10(13)11(9)14/h2-4H,5-8H2,1H3,(H,15,18). The molecule has 0 aliphatic carbocycles. The Morgan fingerprint density at radius 1 is 1.22 bits per heavy atom. The summed E-state index contributed by atoms with van der Waals surface area (Å²) in [6.45, 7) is 2.98. The Morgan fingerprint density at radius 3 is 2.56 bits per heavy atom. The van der Waals surface area contributed by atoms with Crippen molar-refractivity contribution in [2.75, 3.05) is 33.2 Å². The molecule has 1 amide bonds. The molecular weight excluding hydrogens is 240 g/mol. The molecule has 6 heteroatoms. The third kappa shape index (κ3) is 2.83. The second-order valence-electron chi connectivity index (χ2n) is 4.33. The number of hydrogen-bond donors (Lipinski definition) is 1.